The van der Waals surface area contributed by atoms with Crippen LogP contribution in [-0.2, 0) is 9.53 Å². The van der Waals surface area contributed by atoms with Crippen molar-refractivity contribution in [3.8, 4) is 6.07 Å². The van der Waals surface area contributed by atoms with Crippen LogP contribution in [0.15, 0.2) is 11.1 Å². The fraction of sp³-hybridized carbons (Fsp3) is 0.692. The van der Waals surface area contributed by atoms with Crippen LogP contribution in [0.5, 0.6) is 0 Å². The van der Waals surface area contributed by atoms with E-state index in [0.29, 0.717) is 6.61 Å². The highest BCUT2D eigenvalue weighted by Crippen LogP contribution is 2.14. The van der Waals surface area contributed by atoms with Crippen molar-refractivity contribution in [3.05, 3.63) is 11.1 Å². The van der Waals surface area contributed by atoms with Gasteiger partial charge in [0.2, 0.25) is 0 Å². The van der Waals surface area contributed by atoms with Crippen molar-refractivity contribution in [3.63, 3.8) is 0 Å². The molecule has 0 amide bonds. The number of carbonyl (C=O) groups excluding carboxylic acids is 1. The van der Waals surface area contributed by atoms with Gasteiger partial charge in [0.1, 0.15) is 11.6 Å². The molecule has 3 nitrogen and oxygen atoms in total. The summed E-state index contributed by atoms with van der Waals surface area (Å²) in [6.07, 6.45) is 5.38. The lowest BCUT2D eigenvalue weighted by Crippen LogP contribution is -2.08. The van der Waals surface area contributed by atoms with Gasteiger partial charge in [-0.25, -0.2) is 4.79 Å². The molecule has 0 heterocycles. The smallest absolute Gasteiger partial charge is 0.348 e. The number of rotatable bonds is 7. The Hall–Kier alpha value is -1.30. The van der Waals surface area contributed by atoms with Gasteiger partial charge >= 0.3 is 5.97 Å². The largest absolute Gasteiger partial charge is 0.462 e. The van der Waals surface area contributed by atoms with Crippen LogP contribution in [0.25, 0.3) is 0 Å². The van der Waals surface area contributed by atoms with Gasteiger partial charge in [-0.05, 0) is 32.3 Å². The SMILES string of the molecule is CCCCCC/C(C)=C(\C#N)C(=O)OCC. The van der Waals surface area contributed by atoms with Crippen LogP contribution in [0.3, 0.4) is 0 Å². The zero-order valence-electron chi connectivity index (χ0n) is 10.5. The van der Waals surface area contributed by atoms with Crippen molar-refractivity contribution in [2.24, 2.45) is 0 Å². The summed E-state index contributed by atoms with van der Waals surface area (Å²) in [5, 5.41) is 8.89. The van der Waals surface area contributed by atoms with E-state index in [1.165, 1.54) is 12.8 Å². The van der Waals surface area contributed by atoms with E-state index < -0.39 is 5.97 Å². The zero-order chi connectivity index (χ0) is 12.4. The van der Waals surface area contributed by atoms with E-state index in [4.69, 9.17) is 10.00 Å². The Morgan fingerprint density at radius 1 is 1.25 bits per heavy atom. The third kappa shape index (κ3) is 5.55. The Balaban J connectivity index is 4.28. The third-order valence-corrected chi connectivity index (χ3v) is 2.42. The molecule has 0 aromatic rings. The molecule has 0 spiro atoms. The van der Waals surface area contributed by atoms with Gasteiger partial charge in [0.15, 0.2) is 0 Å². The molecule has 3 heteroatoms. The number of esters is 1. The van der Waals surface area contributed by atoms with E-state index in [9.17, 15) is 4.79 Å². The normalized spacial score (nSPS) is 11.6. The Kier molecular flexibility index (Phi) is 8.24. The van der Waals surface area contributed by atoms with Crippen LogP contribution in [0.1, 0.15) is 52.9 Å². The lowest BCUT2D eigenvalue weighted by atomic mass is 10.0. The molecule has 0 bridgehead atoms. The minimum atomic E-state index is -0.488. The van der Waals surface area contributed by atoms with E-state index >= 15 is 0 Å². The third-order valence-electron chi connectivity index (χ3n) is 2.42. The van der Waals surface area contributed by atoms with Crippen LogP contribution in [0, 0.1) is 11.3 Å². The van der Waals surface area contributed by atoms with Crippen molar-refractivity contribution in [2.45, 2.75) is 52.9 Å². The highest BCUT2D eigenvalue weighted by Gasteiger charge is 2.12. The Bertz CT molecular complexity index is 287. The summed E-state index contributed by atoms with van der Waals surface area (Å²) in [7, 11) is 0. The van der Waals surface area contributed by atoms with Gasteiger partial charge in [0.25, 0.3) is 0 Å². The van der Waals surface area contributed by atoms with Crippen molar-refractivity contribution in [1.29, 1.82) is 5.26 Å². The van der Waals surface area contributed by atoms with Crippen LogP contribution < -0.4 is 0 Å². The number of carbonyl (C=O) groups is 1. The van der Waals surface area contributed by atoms with Gasteiger partial charge in [-0.1, -0.05) is 26.2 Å². The number of nitrogens with zero attached hydrogens (tertiary/aromatic N) is 1. The fourth-order valence-corrected chi connectivity index (χ4v) is 1.46. The highest BCUT2D eigenvalue weighted by atomic mass is 16.5. The zero-order valence-corrected chi connectivity index (χ0v) is 10.5. The van der Waals surface area contributed by atoms with Crippen molar-refractivity contribution in [1.82, 2.24) is 0 Å². The van der Waals surface area contributed by atoms with Crippen LogP contribution in [0.2, 0.25) is 0 Å². The van der Waals surface area contributed by atoms with Crippen LogP contribution in [0.4, 0.5) is 0 Å². The molecule has 0 aromatic carbocycles. The first kappa shape index (κ1) is 14.7. The van der Waals surface area contributed by atoms with E-state index in [2.05, 4.69) is 6.92 Å². The molecule has 0 N–H and O–H groups in total. The molecule has 0 rings (SSSR count). The lowest BCUT2D eigenvalue weighted by Gasteiger charge is -2.05. The molecule has 0 aliphatic heterocycles. The van der Waals surface area contributed by atoms with E-state index in [0.717, 1.165) is 24.8 Å². The second-order valence-corrected chi connectivity index (χ2v) is 3.80. The summed E-state index contributed by atoms with van der Waals surface area (Å²) in [6.45, 7) is 6.04. The number of allylic oxidation sites excluding steroid dienone is 1. The second-order valence-electron chi connectivity index (χ2n) is 3.80. The number of hydrogen-bond donors (Lipinski definition) is 0. The fourth-order valence-electron chi connectivity index (χ4n) is 1.46. The minimum Gasteiger partial charge on any atom is -0.462 e. The van der Waals surface area contributed by atoms with Gasteiger partial charge in [0, 0.05) is 0 Å². The van der Waals surface area contributed by atoms with Gasteiger partial charge in [-0.15, -0.1) is 0 Å². The molecule has 0 saturated carbocycles. The van der Waals surface area contributed by atoms with Crippen molar-refractivity contribution < 1.29 is 9.53 Å². The predicted molar refractivity (Wildman–Crippen MR) is 63.7 cm³/mol. The van der Waals surface area contributed by atoms with Crippen LogP contribution in [-0.4, -0.2) is 12.6 Å². The van der Waals surface area contributed by atoms with E-state index in [1.54, 1.807) is 6.92 Å². The summed E-state index contributed by atoms with van der Waals surface area (Å²) < 4.78 is 4.82. The number of ether oxygens (including phenoxy) is 1. The molecular formula is C13H21NO2. The monoisotopic (exact) mass is 223 g/mol. The second kappa shape index (κ2) is 8.96. The summed E-state index contributed by atoms with van der Waals surface area (Å²) in [4.78, 5) is 11.4. The van der Waals surface area contributed by atoms with Gasteiger partial charge in [-0.2, -0.15) is 5.26 Å². The number of hydrogen-bond acceptors (Lipinski definition) is 3. The molecule has 0 aromatic heterocycles. The lowest BCUT2D eigenvalue weighted by molar-refractivity contribution is -0.138. The number of nitriles is 1. The Morgan fingerprint density at radius 3 is 2.44 bits per heavy atom. The summed E-state index contributed by atoms with van der Waals surface area (Å²) in [5.74, 6) is -0.488. The standard InChI is InChI=1S/C13H21NO2/c1-4-6-7-8-9-11(3)12(10-14)13(15)16-5-2/h4-9H2,1-3H3/b12-11+. The summed E-state index contributed by atoms with van der Waals surface area (Å²) in [5.41, 5.74) is 1.02. The first-order valence-electron chi connectivity index (χ1n) is 5.94. The maximum absolute atomic E-state index is 11.4. The molecule has 0 saturated heterocycles. The van der Waals surface area contributed by atoms with Crippen molar-refractivity contribution in [2.75, 3.05) is 6.61 Å². The molecule has 0 aliphatic rings. The van der Waals surface area contributed by atoms with Gasteiger partial charge < -0.3 is 4.74 Å². The number of unbranched alkanes of at least 4 members (excludes halogenated alkanes) is 3. The molecule has 0 radical (unpaired) electrons. The Morgan fingerprint density at radius 2 is 1.94 bits per heavy atom. The predicted octanol–water partition coefficient (Wildman–Crippen LogP) is 3.36. The summed E-state index contributed by atoms with van der Waals surface area (Å²) >= 11 is 0. The molecule has 0 fully saturated rings. The van der Waals surface area contributed by atoms with E-state index in [-0.39, 0.29) is 5.57 Å². The minimum absolute atomic E-state index is 0.179. The van der Waals surface area contributed by atoms with Crippen molar-refractivity contribution >= 4 is 5.97 Å². The molecule has 0 aliphatic carbocycles. The van der Waals surface area contributed by atoms with E-state index in [1.807, 2.05) is 13.0 Å². The topological polar surface area (TPSA) is 50.1 Å². The maximum atomic E-state index is 11.4. The van der Waals surface area contributed by atoms with Gasteiger partial charge in [0.05, 0.1) is 6.61 Å². The molecule has 90 valence electrons. The molecular weight excluding hydrogens is 202 g/mol. The maximum Gasteiger partial charge on any atom is 0.348 e. The highest BCUT2D eigenvalue weighted by molar-refractivity contribution is 5.93. The molecule has 16 heavy (non-hydrogen) atoms. The summed E-state index contributed by atoms with van der Waals surface area (Å²) in [6, 6.07) is 1.93. The molecule has 0 atom stereocenters. The average Bonchev–Trinajstić information content (AvgIpc) is 2.26. The Labute approximate surface area is 98.1 Å². The first-order chi connectivity index (χ1) is 7.67. The quantitative estimate of drug-likeness (QED) is 0.288. The van der Waals surface area contributed by atoms with Gasteiger partial charge in [-0.3, -0.25) is 0 Å². The average molecular weight is 223 g/mol. The molecule has 0 unspecified atom stereocenters. The first-order valence-corrected chi connectivity index (χ1v) is 5.94. The van der Waals surface area contributed by atoms with Crippen LogP contribution >= 0.6 is 0 Å².